The monoisotopic (exact) mass is 380 g/mol. The Labute approximate surface area is 153 Å². The molecule has 0 bridgehead atoms. The van der Waals surface area contributed by atoms with Gasteiger partial charge in [0.15, 0.2) is 5.16 Å². The van der Waals surface area contributed by atoms with E-state index in [0.29, 0.717) is 38.6 Å². The van der Waals surface area contributed by atoms with E-state index in [1.54, 1.807) is 4.57 Å². The van der Waals surface area contributed by atoms with E-state index >= 15 is 0 Å². The molecular weight excluding hydrogens is 364 g/mol. The lowest BCUT2D eigenvalue weighted by atomic mass is 10.1. The number of hydrogen-bond donors (Lipinski definition) is 0. The molecule has 0 aliphatic carbocycles. The maximum atomic E-state index is 12.8. The number of fused-ring (bicyclic) bond motifs is 1. The van der Waals surface area contributed by atoms with E-state index in [9.17, 15) is 4.79 Å². The van der Waals surface area contributed by atoms with E-state index in [4.69, 9.17) is 11.6 Å². The van der Waals surface area contributed by atoms with Crippen molar-refractivity contribution in [2.24, 2.45) is 5.92 Å². The van der Waals surface area contributed by atoms with Gasteiger partial charge >= 0.3 is 0 Å². The lowest BCUT2D eigenvalue weighted by Crippen LogP contribution is -2.24. The van der Waals surface area contributed by atoms with Crippen LogP contribution in [0.15, 0.2) is 34.2 Å². The summed E-state index contributed by atoms with van der Waals surface area (Å²) in [7, 11) is 0. The number of para-hydroxylation sites is 1. The van der Waals surface area contributed by atoms with Crippen molar-refractivity contribution in [3.05, 3.63) is 44.6 Å². The Bertz CT molecular complexity index is 906. The fourth-order valence-electron chi connectivity index (χ4n) is 2.26. The van der Waals surface area contributed by atoms with E-state index in [-0.39, 0.29) is 5.56 Å². The molecule has 0 spiro atoms. The first kappa shape index (κ1) is 17.4. The zero-order chi connectivity index (χ0) is 17.1. The van der Waals surface area contributed by atoms with Crippen LogP contribution in [0.3, 0.4) is 0 Å². The molecule has 8 heteroatoms. The Morgan fingerprint density at radius 2 is 2.12 bits per heavy atom. The van der Waals surface area contributed by atoms with Crippen LogP contribution in [0.25, 0.3) is 10.9 Å². The first-order chi connectivity index (χ1) is 11.6. The highest BCUT2D eigenvalue weighted by Gasteiger charge is 2.14. The minimum absolute atomic E-state index is 0.00579. The summed E-state index contributed by atoms with van der Waals surface area (Å²) in [6.45, 7) is 4.94. The molecule has 0 aliphatic heterocycles. The summed E-state index contributed by atoms with van der Waals surface area (Å²) >= 11 is 8.70. The first-order valence-corrected chi connectivity index (χ1v) is 9.79. The second-order valence-corrected chi connectivity index (χ2v) is 8.13. The second-order valence-electron chi connectivity index (χ2n) is 5.83. The number of nitrogens with zero attached hydrogens (tertiary/aromatic N) is 4. The number of aromatic nitrogens is 4. The normalized spacial score (nSPS) is 11.5. The van der Waals surface area contributed by atoms with Crippen LogP contribution in [0, 0.1) is 5.92 Å². The van der Waals surface area contributed by atoms with Gasteiger partial charge in [0.05, 0.1) is 10.9 Å². The summed E-state index contributed by atoms with van der Waals surface area (Å²) < 4.78 is 6.19. The molecular formula is C16H17ClN4OS2. The van der Waals surface area contributed by atoms with Crippen LogP contribution in [0.4, 0.5) is 0 Å². The van der Waals surface area contributed by atoms with Crippen LogP contribution in [-0.2, 0) is 12.3 Å². The molecule has 1 aromatic carbocycles. The molecule has 0 aliphatic rings. The topological polar surface area (TPSA) is 60.7 Å². The zero-order valence-electron chi connectivity index (χ0n) is 13.4. The van der Waals surface area contributed by atoms with Crippen LogP contribution < -0.4 is 5.56 Å². The number of benzene rings is 1. The molecule has 0 amide bonds. The van der Waals surface area contributed by atoms with Gasteiger partial charge in [-0.2, -0.15) is 0 Å². The molecule has 0 radical (unpaired) electrons. The van der Waals surface area contributed by atoms with Gasteiger partial charge in [0.1, 0.15) is 10.0 Å². The summed E-state index contributed by atoms with van der Waals surface area (Å²) in [6.07, 6.45) is 0.923. The van der Waals surface area contributed by atoms with Gasteiger partial charge in [0, 0.05) is 23.8 Å². The minimum Gasteiger partial charge on any atom is -0.287 e. The van der Waals surface area contributed by atoms with Crippen molar-refractivity contribution in [2.75, 3.05) is 0 Å². The number of hydrogen-bond acceptors (Lipinski definition) is 6. The van der Waals surface area contributed by atoms with Gasteiger partial charge in [-0.1, -0.05) is 53.8 Å². The summed E-state index contributed by atoms with van der Waals surface area (Å²) in [5.74, 6) is 1.06. The molecule has 0 unspecified atom stereocenters. The highest BCUT2D eigenvalue weighted by atomic mass is 35.5. The minimum atomic E-state index is 0.00579. The Balaban J connectivity index is 1.98. The summed E-state index contributed by atoms with van der Waals surface area (Å²) in [5.41, 5.74) is 1.45. The molecule has 0 atom stereocenters. The van der Waals surface area contributed by atoms with Crippen molar-refractivity contribution in [3.8, 4) is 0 Å². The molecule has 0 fully saturated rings. The molecule has 3 aromatic rings. The fraction of sp³-hybridized carbons (Fsp3) is 0.375. The molecule has 0 N–H and O–H groups in total. The van der Waals surface area contributed by atoms with Crippen molar-refractivity contribution >= 4 is 45.8 Å². The highest BCUT2D eigenvalue weighted by molar-refractivity contribution is 7.98. The predicted molar refractivity (Wildman–Crippen MR) is 99.9 cm³/mol. The summed E-state index contributed by atoms with van der Waals surface area (Å²) in [5, 5.41) is 5.37. The van der Waals surface area contributed by atoms with Crippen molar-refractivity contribution < 1.29 is 0 Å². The zero-order valence-corrected chi connectivity index (χ0v) is 15.8. The third-order valence-corrected chi connectivity index (χ3v) is 5.58. The van der Waals surface area contributed by atoms with E-state index < -0.39 is 0 Å². The SMILES string of the molecule is CC(C)CCn1c(SCc2nnsc2Cl)nc2ccccc2c1=O. The maximum absolute atomic E-state index is 12.8. The summed E-state index contributed by atoms with van der Waals surface area (Å²) in [6, 6.07) is 7.45. The van der Waals surface area contributed by atoms with E-state index in [1.807, 2.05) is 24.3 Å². The maximum Gasteiger partial charge on any atom is 0.262 e. The smallest absolute Gasteiger partial charge is 0.262 e. The fourth-order valence-corrected chi connectivity index (χ4v) is 4.02. The van der Waals surface area contributed by atoms with Crippen molar-refractivity contribution in [1.29, 1.82) is 0 Å². The van der Waals surface area contributed by atoms with Crippen molar-refractivity contribution in [3.63, 3.8) is 0 Å². The summed E-state index contributed by atoms with van der Waals surface area (Å²) in [4.78, 5) is 17.5. The molecule has 0 saturated carbocycles. The predicted octanol–water partition coefficient (Wildman–Crippen LogP) is 4.24. The van der Waals surface area contributed by atoms with Gasteiger partial charge in [0.2, 0.25) is 0 Å². The number of halogens is 1. The molecule has 2 aromatic heterocycles. The Morgan fingerprint density at radius 1 is 1.33 bits per heavy atom. The first-order valence-electron chi connectivity index (χ1n) is 7.65. The molecule has 3 rings (SSSR count). The van der Waals surface area contributed by atoms with E-state index in [1.165, 1.54) is 23.3 Å². The van der Waals surface area contributed by atoms with Crippen LogP contribution in [0.2, 0.25) is 4.34 Å². The van der Waals surface area contributed by atoms with Gasteiger partial charge in [0.25, 0.3) is 5.56 Å². The van der Waals surface area contributed by atoms with Gasteiger partial charge < -0.3 is 0 Å². The molecule has 24 heavy (non-hydrogen) atoms. The van der Waals surface area contributed by atoms with E-state index in [0.717, 1.165) is 12.1 Å². The average molecular weight is 381 g/mol. The largest absolute Gasteiger partial charge is 0.287 e. The molecule has 0 saturated heterocycles. The van der Waals surface area contributed by atoms with Crippen LogP contribution >= 0.6 is 34.9 Å². The van der Waals surface area contributed by atoms with Crippen LogP contribution in [-0.4, -0.2) is 19.1 Å². The third-order valence-electron chi connectivity index (χ3n) is 3.60. The average Bonchev–Trinajstić information content (AvgIpc) is 2.97. The van der Waals surface area contributed by atoms with Gasteiger partial charge in [-0.25, -0.2) is 4.98 Å². The van der Waals surface area contributed by atoms with E-state index in [2.05, 4.69) is 28.4 Å². The third kappa shape index (κ3) is 3.79. The van der Waals surface area contributed by atoms with Crippen LogP contribution in [0.5, 0.6) is 0 Å². The Morgan fingerprint density at radius 3 is 2.83 bits per heavy atom. The quantitative estimate of drug-likeness (QED) is 0.472. The van der Waals surface area contributed by atoms with Crippen LogP contribution in [0.1, 0.15) is 26.0 Å². The molecule has 5 nitrogen and oxygen atoms in total. The Hall–Kier alpha value is -1.44. The highest BCUT2D eigenvalue weighted by Crippen LogP contribution is 2.26. The number of rotatable bonds is 6. The molecule has 2 heterocycles. The number of thioether (sulfide) groups is 1. The van der Waals surface area contributed by atoms with Gasteiger partial charge in [-0.3, -0.25) is 9.36 Å². The van der Waals surface area contributed by atoms with Gasteiger partial charge in [-0.15, -0.1) is 5.10 Å². The van der Waals surface area contributed by atoms with Gasteiger partial charge in [-0.05, 0) is 24.5 Å². The lowest BCUT2D eigenvalue weighted by Gasteiger charge is -2.13. The Kier molecular flexibility index (Phi) is 5.53. The standard InChI is InChI=1S/C16H17ClN4OS2/c1-10(2)7-8-21-15(22)11-5-3-4-6-12(11)18-16(21)23-9-13-14(17)24-20-19-13/h3-6,10H,7-9H2,1-2H3. The second kappa shape index (κ2) is 7.63. The van der Waals surface area contributed by atoms with Crippen molar-refractivity contribution in [2.45, 2.75) is 37.7 Å². The molecule has 126 valence electrons. The lowest BCUT2D eigenvalue weighted by molar-refractivity contribution is 0.481. The van der Waals surface area contributed by atoms with Crippen molar-refractivity contribution in [1.82, 2.24) is 19.1 Å².